The van der Waals surface area contributed by atoms with Gasteiger partial charge in [0.2, 0.25) is 11.8 Å². The van der Waals surface area contributed by atoms with Crippen LogP contribution in [0.5, 0.6) is 0 Å². The highest BCUT2D eigenvalue weighted by Crippen LogP contribution is 2.16. The lowest BCUT2D eigenvalue weighted by molar-refractivity contribution is -0.139. The molecule has 4 rings (SSSR count). The molecule has 3 amide bonds. The summed E-state index contributed by atoms with van der Waals surface area (Å²) in [4.78, 5) is 37.1. The summed E-state index contributed by atoms with van der Waals surface area (Å²) in [6, 6.07) is 16.9. The Hall–Kier alpha value is -3.74. The van der Waals surface area contributed by atoms with E-state index in [1.54, 1.807) is 35.1 Å². The van der Waals surface area contributed by atoms with Crippen LogP contribution in [0.3, 0.4) is 0 Å². The Morgan fingerprint density at radius 3 is 2.23 bits per heavy atom. The van der Waals surface area contributed by atoms with Crippen LogP contribution in [0, 0.1) is 0 Å². The highest BCUT2D eigenvalue weighted by molar-refractivity contribution is 6.01. The van der Waals surface area contributed by atoms with Gasteiger partial charge in [-0.15, -0.1) is 0 Å². The lowest BCUT2D eigenvalue weighted by atomic mass is 10.1. The van der Waals surface area contributed by atoms with E-state index in [9.17, 15) is 14.4 Å². The van der Waals surface area contributed by atoms with Crippen LogP contribution in [0.25, 0.3) is 5.69 Å². The van der Waals surface area contributed by atoms with Crippen molar-refractivity contribution in [2.24, 2.45) is 0 Å². The summed E-state index contributed by atoms with van der Waals surface area (Å²) in [7, 11) is 0. The second-order valence-electron chi connectivity index (χ2n) is 7.19. The van der Waals surface area contributed by atoms with Gasteiger partial charge in [0.05, 0.1) is 12.2 Å². The zero-order valence-electron chi connectivity index (χ0n) is 16.5. The molecule has 1 fully saturated rings. The van der Waals surface area contributed by atoms with Crippen LogP contribution in [0.15, 0.2) is 67.0 Å². The zero-order valence-corrected chi connectivity index (χ0v) is 16.5. The molecule has 2 aromatic carbocycles. The molecule has 0 atom stereocenters. The third-order valence-corrected chi connectivity index (χ3v) is 5.12. The first-order chi connectivity index (χ1) is 14.6. The van der Waals surface area contributed by atoms with E-state index in [-0.39, 0.29) is 37.1 Å². The maximum atomic E-state index is 12.4. The number of hydrogen-bond acceptors (Lipinski definition) is 4. The van der Waals surface area contributed by atoms with Crippen molar-refractivity contribution in [1.82, 2.24) is 20.0 Å². The van der Waals surface area contributed by atoms with Crippen LogP contribution in [0.4, 0.5) is 0 Å². The van der Waals surface area contributed by atoms with Gasteiger partial charge in [-0.25, -0.2) is 4.68 Å². The van der Waals surface area contributed by atoms with Gasteiger partial charge in [0.1, 0.15) is 0 Å². The van der Waals surface area contributed by atoms with Crippen LogP contribution in [-0.4, -0.2) is 38.9 Å². The first-order valence-corrected chi connectivity index (χ1v) is 9.89. The number of nitrogens with one attached hydrogen (secondary N) is 1. The molecule has 0 spiro atoms. The molecule has 7 heteroatoms. The van der Waals surface area contributed by atoms with Crippen molar-refractivity contribution >= 4 is 17.7 Å². The van der Waals surface area contributed by atoms with Crippen molar-refractivity contribution < 1.29 is 14.4 Å². The van der Waals surface area contributed by atoms with E-state index in [4.69, 9.17) is 0 Å². The summed E-state index contributed by atoms with van der Waals surface area (Å²) in [6.45, 7) is 0.784. The normalized spacial score (nSPS) is 13.7. The van der Waals surface area contributed by atoms with E-state index in [0.717, 1.165) is 23.2 Å². The first kappa shape index (κ1) is 19.6. The van der Waals surface area contributed by atoms with Gasteiger partial charge in [-0.2, -0.15) is 5.10 Å². The molecule has 0 aliphatic carbocycles. The number of carbonyl (C=O) groups is 3. The monoisotopic (exact) mass is 402 g/mol. The topological polar surface area (TPSA) is 84.3 Å². The van der Waals surface area contributed by atoms with E-state index in [1.165, 1.54) is 4.90 Å². The fourth-order valence-corrected chi connectivity index (χ4v) is 3.40. The minimum atomic E-state index is -0.150. The number of rotatable bonds is 7. The fourth-order valence-electron chi connectivity index (χ4n) is 3.40. The Bertz CT molecular complexity index is 1030. The molecule has 0 radical (unpaired) electrons. The van der Waals surface area contributed by atoms with Crippen LogP contribution >= 0.6 is 0 Å². The largest absolute Gasteiger partial charge is 0.352 e. The molecule has 0 bridgehead atoms. The SMILES string of the molecule is O=C(NCCc1ccc(-n2cccn2)cc1)c1ccc(CN2C(=O)CCC2=O)cc1. The van der Waals surface area contributed by atoms with Gasteiger partial charge in [0.15, 0.2) is 0 Å². The Morgan fingerprint density at radius 2 is 1.60 bits per heavy atom. The molecular weight excluding hydrogens is 380 g/mol. The number of likely N-dealkylation sites (tertiary alicyclic amines) is 1. The number of aromatic nitrogens is 2. The predicted octanol–water partition coefficient (Wildman–Crippen LogP) is 2.49. The minimum absolute atomic E-state index is 0.139. The third-order valence-electron chi connectivity index (χ3n) is 5.12. The van der Waals surface area contributed by atoms with Crippen LogP contribution in [-0.2, 0) is 22.6 Å². The number of benzene rings is 2. The Labute approximate surface area is 174 Å². The Morgan fingerprint density at radius 1 is 0.933 bits per heavy atom. The van der Waals surface area contributed by atoms with Crippen LogP contribution < -0.4 is 5.32 Å². The van der Waals surface area contributed by atoms with Crippen LogP contribution in [0.2, 0.25) is 0 Å². The van der Waals surface area contributed by atoms with Crippen LogP contribution in [0.1, 0.15) is 34.3 Å². The minimum Gasteiger partial charge on any atom is -0.352 e. The molecular formula is C23H22N4O3. The fraction of sp³-hybridized carbons (Fsp3) is 0.217. The van der Waals surface area contributed by atoms with E-state index < -0.39 is 0 Å². The van der Waals surface area contributed by atoms with Gasteiger partial charge in [0.25, 0.3) is 5.91 Å². The maximum absolute atomic E-state index is 12.4. The standard InChI is InChI=1S/C23H22N4O3/c28-21-10-11-22(29)26(21)16-18-2-6-19(7-3-18)23(30)24-14-12-17-4-8-20(9-5-17)27-15-1-13-25-27/h1-9,13,15H,10-12,14,16H2,(H,24,30). The average molecular weight is 402 g/mol. The van der Waals surface area contributed by atoms with Gasteiger partial charge < -0.3 is 5.32 Å². The number of amides is 3. The van der Waals surface area contributed by atoms with Crippen molar-refractivity contribution in [2.45, 2.75) is 25.8 Å². The molecule has 152 valence electrons. The summed E-state index contributed by atoms with van der Waals surface area (Å²) >= 11 is 0. The molecule has 1 N–H and O–H groups in total. The second kappa shape index (κ2) is 8.73. The van der Waals surface area contributed by atoms with Gasteiger partial charge in [-0.05, 0) is 47.9 Å². The number of nitrogens with zero attached hydrogens (tertiary/aromatic N) is 3. The predicted molar refractivity (Wildman–Crippen MR) is 111 cm³/mol. The van der Waals surface area contributed by atoms with E-state index >= 15 is 0 Å². The molecule has 1 aliphatic heterocycles. The molecule has 1 aromatic heterocycles. The highest BCUT2D eigenvalue weighted by Gasteiger charge is 2.28. The highest BCUT2D eigenvalue weighted by atomic mass is 16.2. The van der Waals surface area contributed by atoms with E-state index in [2.05, 4.69) is 10.4 Å². The summed E-state index contributed by atoms with van der Waals surface area (Å²) in [5.41, 5.74) is 3.49. The molecule has 1 aliphatic rings. The first-order valence-electron chi connectivity index (χ1n) is 9.89. The Kier molecular flexibility index (Phi) is 5.70. The molecule has 2 heterocycles. The molecule has 0 saturated carbocycles. The molecule has 30 heavy (non-hydrogen) atoms. The summed E-state index contributed by atoms with van der Waals surface area (Å²) in [5.74, 6) is -0.429. The molecule has 0 unspecified atom stereocenters. The quantitative estimate of drug-likeness (QED) is 0.616. The summed E-state index contributed by atoms with van der Waals surface area (Å²) < 4.78 is 1.80. The number of imide groups is 1. The lowest BCUT2D eigenvalue weighted by Gasteiger charge is -2.14. The zero-order chi connectivity index (χ0) is 20.9. The summed E-state index contributed by atoms with van der Waals surface area (Å²) in [5, 5.41) is 7.12. The Balaban J connectivity index is 1.27. The average Bonchev–Trinajstić information content (AvgIpc) is 3.41. The maximum Gasteiger partial charge on any atom is 0.251 e. The lowest BCUT2D eigenvalue weighted by Crippen LogP contribution is -2.28. The molecule has 3 aromatic rings. The van der Waals surface area contributed by atoms with Crippen molar-refractivity contribution in [3.63, 3.8) is 0 Å². The molecule has 1 saturated heterocycles. The van der Waals surface area contributed by atoms with Crippen molar-refractivity contribution in [2.75, 3.05) is 6.54 Å². The van der Waals surface area contributed by atoms with Gasteiger partial charge in [0, 0.05) is 37.3 Å². The van der Waals surface area contributed by atoms with Gasteiger partial charge in [-0.3, -0.25) is 19.3 Å². The number of carbonyl (C=O) groups excluding carboxylic acids is 3. The smallest absolute Gasteiger partial charge is 0.251 e. The van der Waals surface area contributed by atoms with Crippen molar-refractivity contribution in [3.05, 3.63) is 83.7 Å². The van der Waals surface area contributed by atoms with Crippen molar-refractivity contribution in [3.8, 4) is 5.69 Å². The van der Waals surface area contributed by atoms with E-state index in [0.29, 0.717) is 12.1 Å². The van der Waals surface area contributed by atoms with Crippen molar-refractivity contribution in [1.29, 1.82) is 0 Å². The second-order valence-corrected chi connectivity index (χ2v) is 7.19. The molecule has 7 nitrogen and oxygen atoms in total. The number of hydrogen-bond donors (Lipinski definition) is 1. The van der Waals surface area contributed by atoms with Gasteiger partial charge >= 0.3 is 0 Å². The summed E-state index contributed by atoms with van der Waals surface area (Å²) in [6.07, 6.45) is 4.92. The third kappa shape index (κ3) is 4.46. The van der Waals surface area contributed by atoms with Gasteiger partial charge in [-0.1, -0.05) is 24.3 Å². The van der Waals surface area contributed by atoms with E-state index in [1.807, 2.05) is 36.5 Å².